The lowest BCUT2D eigenvalue weighted by atomic mass is 10.4. The lowest BCUT2D eigenvalue weighted by Crippen LogP contribution is -2.04. The Morgan fingerprint density at radius 2 is 2.00 bits per heavy atom. The number of hydrogen-bond acceptors (Lipinski definition) is 3. The van der Waals surface area contributed by atoms with Crippen molar-refractivity contribution in [2.24, 2.45) is 0 Å². The van der Waals surface area contributed by atoms with E-state index in [1.165, 1.54) is 6.42 Å². The predicted molar refractivity (Wildman–Crippen MR) is 55.7 cm³/mol. The minimum atomic E-state index is -0.312. The molecule has 0 heterocycles. The molecule has 1 N–H and O–H groups in total. The van der Waals surface area contributed by atoms with Gasteiger partial charge in [-0.2, -0.15) is 0 Å². The second-order valence-electron chi connectivity index (χ2n) is 2.60. The maximum Gasteiger partial charge on any atom is 0.333 e. The zero-order valence-corrected chi connectivity index (χ0v) is 9.14. The molecule has 3 nitrogen and oxygen atoms in total. The average molecular weight is 187 g/mol. The van der Waals surface area contributed by atoms with E-state index in [-0.39, 0.29) is 5.97 Å². The highest BCUT2D eigenvalue weighted by atomic mass is 16.5. The number of rotatable bonds is 4. The fourth-order valence-corrected chi connectivity index (χ4v) is 0.504. The summed E-state index contributed by atoms with van der Waals surface area (Å²) in [5.74, 6) is -0.312. The van der Waals surface area contributed by atoms with Crippen LogP contribution in [0.3, 0.4) is 0 Å². The highest BCUT2D eigenvalue weighted by molar-refractivity contribution is 5.86. The quantitative estimate of drug-likeness (QED) is 0.538. The van der Waals surface area contributed by atoms with Crippen LogP contribution in [0, 0.1) is 0 Å². The Morgan fingerprint density at radius 3 is 2.08 bits per heavy atom. The minimum Gasteiger partial charge on any atom is -0.463 e. The molecule has 3 heteroatoms. The largest absolute Gasteiger partial charge is 0.463 e. The Kier molecular flexibility index (Phi) is 12.6. The maximum absolute atomic E-state index is 10.4. The molecule has 0 aliphatic carbocycles. The Bertz CT molecular complexity index is 142. The third kappa shape index (κ3) is 14.1. The first-order valence-corrected chi connectivity index (χ1v) is 4.57. The summed E-state index contributed by atoms with van der Waals surface area (Å²) in [5, 5.41) is 3.02. The smallest absolute Gasteiger partial charge is 0.333 e. The number of hydrogen-bond donors (Lipinski definition) is 1. The van der Waals surface area contributed by atoms with Crippen molar-refractivity contribution in [2.75, 3.05) is 20.2 Å². The van der Waals surface area contributed by atoms with E-state index < -0.39 is 0 Å². The van der Waals surface area contributed by atoms with Gasteiger partial charge >= 0.3 is 5.97 Å². The lowest BCUT2D eigenvalue weighted by Gasteiger charge is -1.96. The van der Waals surface area contributed by atoms with Gasteiger partial charge in [-0.25, -0.2) is 4.79 Å². The van der Waals surface area contributed by atoms with Gasteiger partial charge in [-0.3, -0.25) is 0 Å². The number of nitrogens with one attached hydrogen (secondary N) is 1. The lowest BCUT2D eigenvalue weighted by molar-refractivity contribution is -0.138. The molecule has 13 heavy (non-hydrogen) atoms. The van der Waals surface area contributed by atoms with E-state index in [2.05, 4.69) is 23.6 Å². The highest BCUT2D eigenvalue weighted by Crippen LogP contribution is 1.89. The number of ether oxygens (including phenoxy) is 1. The SMILES string of the molecule is C=C(C)C(=O)OCC.CCCNC. The Balaban J connectivity index is 0. The molecule has 0 fully saturated rings. The molecule has 0 unspecified atom stereocenters. The first-order valence-electron chi connectivity index (χ1n) is 4.57. The van der Waals surface area contributed by atoms with Gasteiger partial charge in [-0.1, -0.05) is 13.5 Å². The van der Waals surface area contributed by atoms with Gasteiger partial charge in [0.05, 0.1) is 6.61 Å². The van der Waals surface area contributed by atoms with Gasteiger partial charge in [0.25, 0.3) is 0 Å². The molecule has 0 aromatic heterocycles. The first kappa shape index (κ1) is 14.7. The molecule has 0 spiro atoms. The molecule has 0 aliphatic heterocycles. The van der Waals surface area contributed by atoms with Gasteiger partial charge in [0, 0.05) is 5.57 Å². The summed E-state index contributed by atoms with van der Waals surface area (Å²) in [5.41, 5.74) is 0.451. The van der Waals surface area contributed by atoms with Crippen molar-refractivity contribution in [1.29, 1.82) is 0 Å². The normalized spacial score (nSPS) is 8.31. The van der Waals surface area contributed by atoms with Crippen LogP contribution in [0.2, 0.25) is 0 Å². The van der Waals surface area contributed by atoms with Gasteiger partial charge in [0.2, 0.25) is 0 Å². The Hall–Kier alpha value is -0.830. The second-order valence-corrected chi connectivity index (χ2v) is 2.60. The number of carbonyl (C=O) groups is 1. The molecule has 0 atom stereocenters. The van der Waals surface area contributed by atoms with Gasteiger partial charge in [0.15, 0.2) is 0 Å². The van der Waals surface area contributed by atoms with E-state index in [0.29, 0.717) is 12.2 Å². The summed E-state index contributed by atoms with van der Waals surface area (Å²) in [6.07, 6.45) is 1.23. The van der Waals surface area contributed by atoms with Crippen molar-refractivity contribution in [3.8, 4) is 0 Å². The third-order valence-electron chi connectivity index (χ3n) is 1.12. The van der Waals surface area contributed by atoms with Crippen molar-refractivity contribution in [3.05, 3.63) is 12.2 Å². The molecule has 0 saturated heterocycles. The average Bonchev–Trinajstić information content (AvgIpc) is 2.07. The molecule has 0 aromatic rings. The maximum atomic E-state index is 10.4. The summed E-state index contributed by atoms with van der Waals surface area (Å²) >= 11 is 0. The number of carbonyl (C=O) groups excluding carboxylic acids is 1. The Morgan fingerprint density at radius 1 is 1.46 bits per heavy atom. The van der Waals surface area contributed by atoms with Gasteiger partial charge in [-0.15, -0.1) is 0 Å². The fourth-order valence-electron chi connectivity index (χ4n) is 0.504. The zero-order chi connectivity index (χ0) is 10.7. The van der Waals surface area contributed by atoms with Crippen molar-refractivity contribution in [2.45, 2.75) is 27.2 Å². The van der Waals surface area contributed by atoms with Crippen LogP contribution in [0.1, 0.15) is 27.2 Å². The van der Waals surface area contributed by atoms with E-state index in [0.717, 1.165) is 6.54 Å². The van der Waals surface area contributed by atoms with Crippen molar-refractivity contribution in [1.82, 2.24) is 5.32 Å². The zero-order valence-electron chi connectivity index (χ0n) is 9.14. The van der Waals surface area contributed by atoms with Crippen LogP contribution in [-0.4, -0.2) is 26.2 Å². The molecule has 0 saturated carbocycles. The summed E-state index contributed by atoms with van der Waals surface area (Å²) < 4.78 is 4.56. The van der Waals surface area contributed by atoms with Crippen molar-refractivity contribution in [3.63, 3.8) is 0 Å². The molecule has 0 rings (SSSR count). The van der Waals surface area contributed by atoms with Crippen LogP contribution < -0.4 is 5.32 Å². The topological polar surface area (TPSA) is 38.3 Å². The van der Waals surface area contributed by atoms with E-state index in [4.69, 9.17) is 0 Å². The van der Waals surface area contributed by atoms with Crippen molar-refractivity contribution < 1.29 is 9.53 Å². The fraction of sp³-hybridized carbons (Fsp3) is 0.700. The highest BCUT2D eigenvalue weighted by Gasteiger charge is 1.98. The van der Waals surface area contributed by atoms with Crippen LogP contribution >= 0.6 is 0 Å². The predicted octanol–water partition coefficient (Wildman–Crippen LogP) is 1.74. The molecule has 0 aliphatic rings. The summed E-state index contributed by atoms with van der Waals surface area (Å²) in [6, 6.07) is 0. The molecule has 0 amide bonds. The van der Waals surface area contributed by atoms with Gasteiger partial charge < -0.3 is 10.1 Å². The standard InChI is InChI=1S/C6H10O2.C4H11N/c1-4-8-6(7)5(2)3;1-3-4-5-2/h2,4H2,1,3H3;5H,3-4H2,1-2H3. The first-order chi connectivity index (χ1) is 6.09. The molecular weight excluding hydrogens is 166 g/mol. The molecular formula is C10H21NO2. The van der Waals surface area contributed by atoms with Gasteiger partial charge in [-0.05, 0) is 33.9 Å². The molecule has 78 valence electrons. The summed E-state index contributed by atoms with van der Waals surface area (Å²) in [6.45, 7) is 10.5. The van der Waals surface area contributed by atoms with Crippen LogP contribution in [0.4, 0.5) is 0 Å². The van der Waals surface area contributed by atoms with Crippen molar-refractivity contribution >= 4 is 5.97 Å². The van der Waals surface area contributed by atoms with Crippen LogP contribution in [0.5, 0.6) is 0 Å². The summed E-state index contributed by atoms with van der Waals surface area (Å²) in [7, 11) is 1.96. The van der Waals surface area contributed by atoms with Crippen LogP contribution in [-0.2, 0) is 9.53 Å². The summed E-state index contributed by atoms with van der Waals surface area (Å²) in [4.78, 5) is 10.4. The Labute approximate surface area is 81.2 Å². The van der Waals surface area contributed by atoms with E-state index in [1.807, 2.05) is 7.05 Å². The monoisotopic (exact) mass is 187 g/mol. The van der Waals surface area contributed by atoms with E-state index >= 15 is 0 Å². The molecule has 0 bridgehead atoms. The van der Waals surface area contributed by atoms with E-state index in [9.17, 15) is 4.79 Å². The second kappa shape index (κ2) is 11.2. The minimum absolute atomic E-state index is 0.312. The van der Waals surface area contributed by atoms with Crippen LogP contribution in [0.15, 0.2) is 12.2 Å². The molecule has 0 radical (unpaired) electrons. The number of esters is 1. The van der Waals surface area contributed by atoms with E-state index in [1.54, 1.807) is 13.8 Å². The van der Waals surface area contributed by atoms with Crippen LogP contribution in [0.25, 0.3) is 0 Å². The van der Waals surface area contributed by atoms with Gasteiger partial charge in [0.1, 0.15) is 0 Å². The molecule has 0 aromatic carbocycles. The third-order valence-corrected chi connectivity index (χ3v) is 1.12.